The van der Waals surface area contributed by atoms with E-state index < -0.39 is 10.0 Å². The highest BCUT2D eigenvalue weighted by Crippen LogP contribution is 2.26. The highest BCUT2D eigenvalue weighted by atomic mass is 32.2. The second-order valence-corrected chi connectivity index (χ2v) is 10.2. The molecule has 3 heterocycles. The van der Waals surface area contributed by atoms with Crippen LogP contribution in [0.3, 0.4) is 0 Å². The van der Waals surface area contributed by atoms with Crippen LogP contribution in [0.4, 0.5) is 0 Å². The number of nitrogens with zero attached hydrogens (tertiary/aromatic N) is 3. The molecule has 1 aliphatic rings. The molecule has 142 valence electrons. The van der Waals surface area contributed by atoms with E-state index in [1.54, 1.807) is 39.1 Å². The lowest BCUT2D eigenvalue weighted by atomic mass is 10.2. The lowest BCUT2D eigenvalue weighted by molar-refractivity contribution is 0.180. The maximum absolute atomic E-state index is 12.8. The largest absolute Gasteiger partial charge is 0.295 e. The van der Waals surface area contributed by atoms with Gasteiger partial charge in [-0.1, -0.05) is 17.7 Å². The van der Waals surface area contributed by atoms with Crippen molar-refractivity contribution in [1.82, 2.24) is 14.2 Å². The van der Waals surface area contributed by atoms with Gasteiger partial charge >= 0.3 is 0 Å². The number of thiazole rings is 1. The Morgan fingerprint density at radius 2 is 1.78 bits per heavy atom. The van der Waals surface area contributed by atoms with Gasteiger partial charge in [0.25, 0.3) is 0 Å². The number of rotatable bonds is 5. The first kappa shape index (κ1) is 18.8. The number of hydrogen-bond donors (Lipinski definition) is 0. The Balaban J connectivity index is 1.37. The number of aryl methyl sites for hydroxylation is 1. The van der Waals surface area contributed by atoms with Crippen LogP contribution in [0, 0.1) is 6.92 Å². The molecular weight excluding hydrogens is 398 g/mol. The third-order valence-electron chi connectivity index (χ3n) is 4.70. The van der Waals surface area contributed by atoms with Crippen LogP contribution in [0.2, 0.25) is 0 Å². The zero-order chi connectivity index (χ0) is 18.9. The average molecular weight is 420 g/mol. The first-order valence-electron chi connectivity index (χ1n) is 8.78. The SMILES string of the molecule is Cc1ccc(S(=O)(=O)N2CCN(Cc3csc(-c4ccsc4)n3)CC2)cc1. The fourth-order valence-electron chi connectivity index (χ4n) is 3.11. The maximum atomic E-state index is 12.8. The molecule has 0 aliphatic carbocycles. The molecule has 0 unspecified atom stereocenters. The summed E-state index contributed by atoms with van der Waals surface area (Å²) in [6.07, 6.45) is 0. The standard InChI is InChI=1S/C19H21N3O2S3/c1-15-2-4-18(5-3-15)27(23,24)22-9-7-21(8-10-22)12-17-14-26-19(20-17)16-6-11-25-13-16/h2-6,11,13-14H,7-10,12H2,1H3. The van der Waals surface area contributed by atoms with E-state index in [1.165, 1.54) is 5.56 Å². The van der Waals surface area contributed by atoms with Crippen molar-refractivity contribution < 1.29 is 8.42 Å². The van der Waals surface area contributed by atoms with Crippen LogP contribution in [-0.4, -0.2) is 48.8 Å². The second-order valence-electron chi connectivity index (χ2n) is 6.65. The highest BCUT2D eigenvalue weighted by Gasteiger charge is 2.28. The molecule has 5 nitrogen and oxygen atoms in total. The molecule has 2 aromatic heterocycles. The first-order chi connectivity index (χ1) is 13.0. The fourth-order valence-corrected chi connectivity index (χ4v) is 6.06. The van der Waals surface area contributed by atoms with Crippen LogP contribution < -0.4 is 0 Å². The van der Waals surface area contributed by atoms with E-state index in [1.807, 2.05) is 19.1 Å². The molecule has 0 saturated carbocycles. The molecule has 0 atom stereocenters. The van der Waals surface area contributed by atoms with Gasteiger partial charge in [0.2, 0.25) is 10.0 Å². The quantitative estimate of drug-likeness (QED) is 0.633. The molecule has 0 bridgehead atoms. The molecule has 27 heavy (non-hydrogen) atoms. The first-order valence-corrected chi connectivity index (χ1v) is 12.0. The molecule has 0 amide bonds. The molecule has 1 aromatic carbocycles. The third-order valence-corrected chi connectivity index (χ3v) is 8.23. The molecule has 1 saturated heterocycles. The molecule has 8 heteroatoms. The predicted octanol–water partition coefficient (Wildman–Crippen LogP) is 3.69. The number of hydrogen-bond acceptors (Lipinski definition) is 6. The number of sulfonamides is 1. The van der Waals surface area contributed by atoms with E-state index in [2.05, 4.69) is 27.1 Å². The smallest absolute Gasteiger partial charge is 0.243 e. The summed E-state index contributed by atoms with van der Waals surface area (Å²) in [5.74, 6) is 0. The van der Waals surface area contributed by atoms with Crippen molar-refractivity contribution >= 4 is 32.7 Å². The van der Waals surface area contributed by atoms with Crippen LogP contribution in [0.5, 0.6) is 0 Å². The zero-order valence-corrected chi connectivity index (χ0v) is 17.5. The van der Waals surface area contributed by atoms with Gasteiger partial charge in [-0.25, -0.2) is 13.4 Å². The minimum Gasteiger partial charge on any atom is -0.295 e. The van der Waals surface area contributed by atoms with E-state index in [9.17, 15) is 8.42 Å². The van der Waals surface area contributed by atoms with Gasteiger partial charge in [0.1, 0.15) is 5.01 Å². The zero-order valence-electron chi connectivity index (χ0n) is 15.0. The van der Waals surface area contributed by atoms with E-state index in [-0.39, 0.29) is 0 Å². The lowest BCUT2D eigenvalue weighted by Gasteiger charge is -2.33. The van der Waals surface area contributed by atoms with Gasteiger partial charge in [-0.2, -0.15) is 15.6 Å². The topological polar surface area (TPSA) is 53.5 Å². The Morgan fingerprint density at radius 3 is 2.44 bits per heavy atom. The monoisotopic (exact) mass is 419 g/mol. The van der Waals surface area contributed by atoms with Crippen molar-refractivity contribution in [2.45, 2.75) is 18.4 Å². The minimum atomic E-state index is -3.41. The van der Waals surface area contributed by atoms with Gasteiger partial charge in [0, 0.05) is 49.0 Å². The lowest BCUT2D eigenvalue weighted by Crippen LogP contribution is -2.48. The summed E-state index contributed by atoms with van der Waals surface area (Å²) >= 11 is 3.34. The Morgan fingerprint density at radius 1 is 1.04 bits per heavy atom. The van der Waals surface area contributed by atoms with E-state index in [4.69, 9.17) is 4.98 Å². The Labute approximate surface area is 168 Å². The van der Waals surface area contributed by atoms with Gasteiger partial charge < -0.3 is 0 Å². The van der Waals surface area contributed by atoms with Crippen LogP contribution in [0.1, 0.15) is 11.3 Å². The number of benzene rings is 1. The maximum Gasteiger partial charge on any atom is 0.243 e. The van der Waals surface area contributed by atoms with Crippen molar-refractivity contribution in [3.05, 3.63) is 57.7 Å². The van der Waals surface area contributed by atoms with Gasteiger partial charge in [-0.3, -0.25) is 4.90 Å². The Kier molecular flexibility index (Phi) is 5.43. The number of thiophene rings is 1. The van der Waals surface area contributed by atoms with E-state index >= 15 is 0 Å². The Hall–Kier alpha value is -1.58. The molecule has 0 radical (unpaired) electrons. The summed E-state index contributed by atoms with van der Waals surface area (Å²) in [6, 6.07) is 9.16. The van der Waals surface area contributed by atoms with Crippen molar-refractivity contribution in [3.63, 3.8) is 0 Å². The third kappa shape index (κ3) is 4.14. The van der Waals surface area contributed by atoms with Crippen molar-refractivity contribution in [1.29, 1.82) is 0 Å². The molecule has 1 aliphatic heterocycles. The van der Waals surface area contributed by atoms with Crippen molar-refractivity contribution in [3.8, 4) is 10.6 Å². The van der Waals surface area contributed by atoms with E-state index in [0.29, 0.717) is 18.0 Å². The predicted molar refractivity (Wildman–Crippen MR) is 111 cm³/mol. The number of piperazine rings is 1. The Bertz CT molecular complexity index is 987. The van der Waals surface area contributed by atoms with Crippen LogP contribution in [0.25, 0.3) is 10.6 Å². The van der Waals surface area contributed by atoms with Crippen LogP contribution in [0.15, 0.2) is 51.4 Å². The van der Waals surface area contributed by atoms with Gasteiger partial charge in [0.15, 0.2) is 0 Å². The molecule has 0 spiro atoms. The fraction of sp³-hybridized carbons (Fsp3) is 0.316. The summed E-state index contributed by atoms with van der Waals surface area (Å²) < 4.78 is 27.2. The van der Waals surface area contributed by atoms with Gasteiger partial charge in [-0.15, -0.1) is 11.3 Å². The summed E-state index contributed by atoms with van der Waals surface area (Å²) in [4.78, 5) is 7.37. The summed E-state index contributed by atoms with van der Waals surface area (Å²) in [7, 11) is -3.41. The summed E-state index contributed by atoms with van der Waals surface area (Å²) in [5.41, 5.74) is 3.28. The van der Waals surface area contributed by atoms with Crippen molar-refractivity contribution in [2.75, 3.05) is 26.2 Å². The van der Waals surface area contributed by atoms with Crippen LogP contribution in [-0.2, 0) is 16.6 Å². The second kappa shape index (κ2) is 7.81. The average Bonchev–Trinajstić information content (AvgIpc) is 3.34. The van der Waals surface area contributed by atoms with Gasteiger partial charge in [-0.05, 0) is 30.5 Å². The normalized spacial score (nSPS) is 16.6. The van der Waals surface area contributed by atoms with Crippen molar-refractivity contribution in [2.24, 2.45) is 0 Å². The molecule has 1 fully saturated rings. The van der Waals surface area contributed by atoms with Gasteiger partial charge in [0.05, 0.1) is 10.6 Å². The number of aromatic nitrogens is 1. The van der Waals surface area contributed by atoms with E-state index in [0.717, 1.165) is 35.9 Å². The molecular formula is C19H21N3O2S3. The highest BCUT2D eigenvalue weighted by molar-refractivity contribution is 7.89. The molecule has 0 N–H and O–H groups in total. The minimum absolute atomic E-state index is 0.376. The van der Waals surface area contributed by atoms with Crippen LogP contribution >= 0.6 is 22.7 Å². The summed E-state index contributed by atoms with van der Waals surface area (Å²) in [5, 5.41) is 7.32. The molecule has 3 aromatic rings. The molecule has 4 rings (SSSR count). The summed E-state index contributed by atoms with van der Waals surface area (Å²) in [6.45, 7) is 5.18.